The fourth-order valence-electron chi connectivity index (χ4n) is 5.06. The number of amides is 3. The maximum absolute atomic E-state index is 13.1. The fourth-order valence-corrected chi connectivity index (χ4v) is 5.06. The van der Waals surface area contributed by atoms with Gasteiger partial charge >= 0.3 is 0 Å². The molecule has 0 saturated carbocycles. The smallest absolute Gasteiger partial charge is 0.267 e. The van der Waals surface area contributed by atoms with E-state index in [1.54, 1.807) is 4.90 Å². The second-order valence-electron chi connectivity index (χ2n) is 11.2. The van der Waals surface area contributed by atoms with E-state index in [9.17, 15) is 44.1 Å². The van der Waals surface area contributed by atoms with Gasteiger partial charge in [0.2, 0.25) is 0 Å². The molecule has 19 nitrogen and oxygen atoms in total. The molecular formula is C33H42LaN7O12-3. The van der Waals surface area contributed by atoms with Crippen LogP contribution >= 0.6 is 0 Å². The van der Waals surface area contributed by atoms with Crippen LogP contribution in [0.3, 0.4) is 0 Å². The van der Waals surface area contributed by atoms with Crippen molar-refractivity contribution in [1.82, 2.24) is 34.6 Å². The van der Waals surface area contributed by atoms with Gasteiger partial charge in [-0.2, -0.15) is 0 Å². The number of nitrogens with one attached hydrogen (secondary N) is 3. The van der Waals surface area contributed by atoms with Crippen molar-refractivity contribution in [2.75, 3.05) is 80.4 Å². The Labute approximate surface area is 332 Å². The van der Waals surface area contributed by atoms with Crippen LogP contribution in [-0.4, -0.2) is 117 Å². The molecule has 0 spiro atoms. The summed E-state index contributed by atoms with van der Waals surface area (Å²) in [5, 5.41) is 45.5. The normalized spacial score (nSPS) is 10.9. The number of nitrogens with zero attached hydrogens (tertiary/aromatic N) is 4. The van der Waals surface area contributed by atoms with E-state index >= 15 is 0 Å². The summed E-state index contributed by atoms with van der Waals surface area (Å²) in [7, 11) is 4.33. The molecule has 3 heterocycles. The standard InChI is InChI=1S/C33H45N7O12.La/c1-50-19-16-38-10-4-22(41)28(44)25(38)31(47)34-7-13-37(14-8-35-32(48)26-29(45)23(42)5-11-39(26)17-20-51-2)15-9-36-33(49)27-30(46)24(43)6-12-40(27)18-21-52-3;/h4-6,10-12,44-46H,7-9,13-21H2,1-3H3,(H,34,47)(H,35,48)(H,36,49);/p-3. The molecule has 20 heteroatoms. The van der Waals surface area contributed by atoms with Crippen molar-refractivity contribution < 1.29 is 79.5 Å². The number of carbonyl (C=O) groups excluding carboxylic acids is 3. The van der Waals surface area contributed by atoms with E-state index in [4.69, 9.17) is 14.2 Å². The van der Waals surface area contributed by atoms with Gasteiger partial charge < -0.3 is 59.2 Å². The van der Waals surface area contributed by atoms with E-state index in [2.05, 4.69) is 16.0 Å². The minimum absolute atomic E-state index is 0. The van der Waals surface area contributed by atoms with Gasteiger partial charge in [-0.3, -0.25) is 33.7 Å². The van der Waals surface area contributed by atoms with Gasteiger partial charge in [0.05, 0.1) is 19.8 Å². The van der Waals surface area contributed by atoms with E-state index in [0.717, 1.165) is 18.2 Å². The Balaban J connectivity index is 0.00000972. The van der Waals surface area contributed by atoms with Crippen LogP contribution in [0.15, 0.2) is 51.2 Å². The van der Waals surface area contributed by atoms with E-state index in [0.29, 0.717) is 0 Å². The Morgan fingerprint density at radius 2 is 0.830 bits per heavy atom. The predicted octanol–water partition coefficient (Wildman–Crippen LogP) is -3.78. The van der Waals surface area contributed by atoms with Crippen LogP contribution in [0.25, 0.3) is 0 Å². The molecule has 3 N–H and O–H groups in total. The predicted molar refractivity (Wildman–Crippen MR) is 180 cm³/mol. The molecule has 3 rings (SSSR count). The van der Waals surface area contributed by atoms with Gasteiger partial charge in [0.25, 0.3) is 17.7 Å². The van der Waals surface area contributed by atoms with Gasteiger partial charge in [-0.05, 0) is 17.2 Å². The van der Waals surface area contributed by atoms with Crippen LogP contribution in [0.1, 0.15) is 31.5 Å². The zero-order valence-corrected chi connectivity index (χ0v) is 33.3. The first kappa shape index (κ1) is 44.9. The molecule has 3 aromatic heterocycles. The summed E-state index contributed by atoms with van der Waals surface area (Å²) in [5.74, 6) is -5.36. The molecule has 0 saturated heterocycles. The maximum atomic E-state index is 13.1. The van der Waals surface area contributed by atoms with Crippen LogP contribution in [-0.2, 0) is 33.8 Å². The van der Waals surface area contributed by atoms with Crippen molar-refractivity contribution in [3.8, 4) is 17.2 Å². The van der Waals surface area contributed by atoms with Crippen molar-refractivity contribution in [2.45, 2.75) is 19.6 Å². The Morgan fingerprint density at radius 1 is 0.566 bits per heavy atom. The summed E-state index contributed by atoms with van der Waals surface area (Å²) in [6, 6.07) is 3.18. The number of rotatable bonds is 21. The molecule has 0 bridgehead atoms. The monoisotopic (exact) mass is 867 g/mol. The van der Waals surface area contributed by atoms with Gasteiger partial charge in [0, 0.05) is 153 Å². The average Bonchev–Trinajstić information content (AvgIpc) is 3.12. The first-order chi connectivity index (χ1) is 24.9. The Kier molecular flexibility index (Phi) is 19.2. The molecule has 0 aliphatic rings. The van der Waals surface area contributed by atoms with Crippen LogP contribution in [0.4, 0.5) is 0 Å². The van der Waals surface area contributed by atoms with Gasteiger partial charge in [0.1, 0.15) is 17.1 Å². The topological polar surface area (TPSA) is 253 Å². The fraction of sp³-hybridized carbons (Fsp3) is 0.455. The zero-order valence-electron chi connectivity index (χ0n) is 29.7. The number of pyridine rings is 3. The minimum Gasteiger partial charge on any atom is -0.868 e. The number of ether oxygens (including phenoxy) is 3. The van der Waals surface area contributed by atoms with Crippen molar-refractivity contribution in [3.05, 3.63) is 84.5 Å². The molecular weight excluding hydrogens is 825 g/mol. The van der Waals surface area contributed by atoms with E-state index in [1.807, 2.05) is 0 Å². The second kappa shape index (κ2) is 22.7. The molecule has 0 aliphatic heterocycles. The molecule has 53 heavy (non-hydrogen) atoms. The molecule has 287 valence electrons. The van der Waals surface area contributed by atoms with Crippen LogP contribution in [0, 0.1) is 35.6 Å². The Bertz CT molecular complexity index is 1670. The molecule has 0 aliphatic carbocycles. The van der Waals surface area contributed by atoms with Crippen molar-refractivity contribution in [1.29, 1.82) is 0 Å². The van der Waals surface area contributed by atoms with Crippen molar-refractivity contribution in [2.24, 2.45) is 0 Å². The molecule has 0 fully saturated rings. The van der Waals surface area contributed by atoms with Crippen molar-refractivity contribution in [3.63, 3.8) is 0 Å². The van der Waals surface area contributed by atoms with Crippen LogP contribution in [0.2, 0.25) is 0 Å². The van der Waals surface area contributed by atoms with E-state index in [1.165, 1.54) is 53.6 Å². The largest absolute Gasteiger partial charge is 0.868 e. The molecule has 0 atom stereocenters. The summed E-state index contributed by atoms with van der Waals surface area (Å²) in [5.41, 5.74) is -3.68. The van der Waals surface area contributed by atoms with E-state index in [-0.39, 0.29) is 131 Å². The Morgan fingerprint density at radius 3 is 1.08 bits per heavy atom. The number of hydrogen-bond acceptors (Lipinski definition) is 13. The molecule has 3 amide bonds. The number of hydrogen-bond donors (Lipinski definition) is 3. The average molecular weight is 868 g/mol. The third-order valence-electron chi connectivity index (χ3n) is 7.79. The number of carbonyl (C=O) groups is 3. The van der Waals surface area contributed by atoms with Gasteiger partial charge in [-0.15, -0.1) is 0 Å². The first-order valence-corrected chi connectivity index (χ1v) is 16.2. The molecule has 0 aromatic carbocycles. The molecule has 1 radical (unpaired) electrons. The first-order valence-electron chi connectivity index (χ1n) is 16.2. The van der Waals surface area contributed by atoms with Gasteiger partial charge in [-0.25, -0.2) is 0 Å². The van der Waals surface area contributed by atoms with Crippen molar-refractivity contribution >= 4 is 17.7 Å². The third-order valence-corrected chi connectivity index (χ3v) is 7.79. The van der Waals surface area contributed by atoms with Gasteiger partial charge in [-0.1, -0.05) is 0 Å². The summed E-state index contributed by atoms with van der Waals surface area (Å²) in [4.78, 5) is 77.0. The van der Waals surface area contributed by atoms with E-state index < -0.39 is 51.3 Å². The maximum Gasteiger partial charge on any atom is 0.267 e. The number of aromatic nitrogens is 3. The second-order valence-corrected chi connectivity index (χ2v) is 11.2. The molecule has 3 aromatic rings. The summed E-state index contributed by atoms with van der Waals surface area (Å²) < 4.78 is 19.0. The quantitative estimate of drug-likeness (QED) is 0.0931. The molecule has 0 unspecified atom stereocenters. The Hall–Kier alpha value is -4.31. The van der Waals surface area contributed by atoms with Crippen LogP contribution < -0.4 is 47.6 Å². The summed E-state index contributed by atoms with van der Waals surface area (Å²) in [6.45, 7) is 1.10. The number of methoxy groups -OCH3 is 3. The SMILES string of the molecule is COCCn1ccc(=O)c([O-])c1C(=O)NCCN(CCNC(=O)c1c([O-])c(=O)ccn1CCOC)CCNC(=O)c1c([O-])c(=O)ccn1CCOC.[La]. The summed E-state index contributed by atoms with van der Waals surface area (Å²) in [6.07, 6.45) is 3.96. The third kappa shape index (κ3) is 12.7. The minimum atomic E-state index is -0.983. The zero-order chi connectivity index (χ0) is 38.2. The summed E-state index contributed by atoms with van der Waals surface area (Å²) >= 11 is 0. The van der Waals surface area contributed by atoms with Gasteiger partial charge in [0.15, 0.2) is 16.3 Å². The van der Waals surface area contributed by atoms with Crippen LogP contribution in [0.5, 0.6) is 17.2 Å².